The van der Waals surface area contributed by atoms with E-state index in [-0.39, 0.29) is 17.0 Å². The van der Waals surface area contributed by atoms with Crippen molar-refractivity contribution in [3.05, 3.63) is 60.0 Å². The summed E-state index contributed by atoms with van der Waals surface area (Å²) in [6, 6.07) is 12.7. The van der Waals surface area contributed by atoms with Crippen LogP contribution in [0.2, 0.25) is 0 Å². The van der Waals surface area contributed by atoms with E-state index >= 15 is 0 Å². The Labute approximate surface area is 130 Å². The molecule has 3 aromatic rings. The first-order valence-electron chi connectivity index (χ1n) is 6.70. The first-order chi connectivity index (χ1) is 11.1. The molecule has 0 aliphatic carbocycles. The minimum Gasteiger partial charge on any atom is -0.497 e. The number of methoxy groups -OCH3 is 1. The molecule has 0 aliphatic rings. The minimum atomic E-state index is -1.28. The van der Waals surface area contributed by atoms with Gasteiger partial charge in [0.2, 0.25) is 0 Å². The van der Waals surface area contributed by atoms with E-state index in [1.165, 1.54) is 30.0 Å². The average molecular weight is 313 g/mol. The number of hydrogen-bond acceptors (Lipinski definition) is 4. The Morgan fingerprint density at radius 2 is 2.00 bits per heavy atom. The highest BCUT2D eigenvalue weighted by Crippen LogP contribution is 2.28. The van der Waals surface area contributed by atoms with Crippen LogP contribution in [0.3, 0.4) is 0 Å². The number of carboxylic acid groups (broad SMARTS) is 1. The molecular formula is C16H12FN3O3. The first kappa shape index (κ1) is 14.7. The van der Waals surface area contributed by atoms with Crippen molar-refractivity contribution in [2.24, 2.45) is 0 Å². The molecule has 0 radical (unpaired) electrons. The lowest BCUT2D eigenvalue weighted by molar-refractivity contribution is 0.0691. The molecule has 116 valence electrons. The second-order valence-corrected chi connectivity index (χ2v) is 4.68. The SMILES string of the molecule is COc1cccc(-n2nnc(C(=O)O)c2-c2ccccc2F)c1. The minimum absolute atomic E-state index is 0.0730. The number of nitrogens with zero attached hydrogens (tertiary/aromatic N) is 3. The van der Waals surface area contributed by atoms with Gasteiger partial charge in [0.15, 0.2) is 5.69 Å². The van der Waals surface area contributed by atoms with Gasteiger partial charge < -0.3 is 9.84 Å². The van der Waals surface area contributed by atoms with Gasteiger partial charge in [-0.25, -0.2) is 13.9 Å². The summed E-state index contributed by atoms with van der Waals surface area (Å²) in [5.74, 6) is -1.27. The summed E-state index contributed by atoms with van der Waals surface area (Å²) in [6.07, 6.45) is 0. The molecular weight excluding hydrogens is 301 g/mol. The standard InChI is InChI=1S/C16H12FN3O3/c1-23-11-6-4-5-10(9-11)20-15(14(16(21)22)18-19-20)12-7-2-3-8-13(12)17/h2-9H,1H3,(H,21,22). The van der Waals surface area contributed by atoms with Crippen LogP contribution in [0.1, 0.15) is 10.5 Å². The van der Waals surface area contributed by atoms with E-state index in [9.17, 15) is 14.3 Å². The Bertz CT molecular complexity index is 877. The van der Waals surface area contributed by atoms with Crippen LogP contribution in [0.15, 0.2) is 48.5 Å². The van der Waals surface area contributed by atoms with Gasteiger partial charge >= 0.3 is 5.97 Å². The van der Waals surface area contributed by atoms with E-state index in [1.54, 1.807) is 30.3 Å². The molecule has 0 unspecified atom stereocenters. The Morgan fingerprint density at radius 1 is 1.22 bits per heavy atom. The summed E-state index contributed by atoms with van der Waals surface area (Å²) in [6.45, 7) is 0. The molecule has 1 N–H and O–H groups in total. The van der Waals surface area contributed by atoms with Gasteiger partial charge in [-0.3, -0.25) is 0 Å². The Balaban J connectivity index is 2.26. The zero-order valence-electron chi connectivity index (χ0n) is 12.1. The Morgan fingerprint density at radius 3 is 2.70 bits per heavy atom. The van der Waals surface area contributed by atoms with Crippen molar-refractivity contribution in [2.45, 2.75) is 0 Å². The number of carboxylic acids is 1. The lowest BCUT2D eigenvalue weighted by Crippen LogP contribution is -2.04. The predicted octanol–water partition coefficient (Wildman–Crippen LogP) is 2.78. The highest BCUT2D eigenvalue weighted by molar-refractivity contribution is 5.93. The van der Waals surface area contributed by atoms with Crippen LogP contribution in [-0.2, 0) is 0 Å². The van der Waals surface area contributed by atoms with Crippen LogP contribution in [0.25, 0.3) is 16.9 Å². The number of hydrogen-bond donors (Lipinski definition) is 1. The van der Waals surface area contributed by atoms with E-state index in [0.717, 1.165) is 0 Å². The van der Waals surface area contributed by atoms with Crippen molar-refractivity contribution in [1.29, 1.82) is 0 Å². The number of halogens is 1. The maximum absolute atomic E-state index is 14.2. The molecule has 7 heteroatoms. The molecule has 0 amide bonds. The van der Waals surface area contributed by atoms with E-state index in [1.807, 2.05) is 0 Å². The molecule has 0 bridgehead atoms. The quantitative estimate of drug-likeness (QED) is 0.801. The predicted molar refractivity (Wildman–Crippen MR) is 80.3 cm³/mol. The molecule has 0 atom stereocenters. The summed E-state index contributed by atoms with van der Waals surface area (Å²) >= 11 is 0. The number of aromatic nitrogens is 3. The molecule has 1 heterocycles. The summed E-state index contributed by atoms with van der Waals surface area (Å²) in [4.78, 5) is 11.4. The smallest absolute Gasteiger partial charge is 0.358 e. The monoisotopic (exact) mass is 313 g/mol. The third kappa shape index (κ3) is 2.64. The van der Waals surface area contributed by atoms with Crippen molar-refractivity contribution < 1.29 is 19.0 Å². The second-order valence-electron chi connectivity index (χ2n) is 4.68. The number of aromatic carboxylic acids is 1. The number of rotatable bonds is 4. The number of carbonyl (C=O) groups is 1. The maximum Gasteiger partial charge on any atom is 0.358 e. The fourth-order valence-electron chi connectivity index (χ4n) is 2.24. The normalized spacial score (nSPS) is 10.5. The molecule has 23 heavy (non-hydrogen) atoms. The fourth-order valence-corrected chi connectivity index (χ4v) is 2.24. The van der Waals surface area contributed by atoms with Gasteiger partial charge in [-0.05, 0) is 24.3 Å². The topological polar surface area (TPSA) is 77.2 Å². The molecule has 0 fully saturated rings. The largest absolute Gasteiger partial charge is 0.497 e. The zero-order valence-corrected chi connectivity index (χ0v) is 12.1. The number of ether oxygens (including phenoxy) is 1. The molecule has 0 saturated carbocycles. The Kier molecular flexibility index (Phi) is 3.76. The molecule has 1 aromatic heterocycles. The van der Waals surface area contributed by atoms with E-state index in [0.29, 0.717) is 11.4 Å². The third-order valence-electron chi connectivity index (χ3n) is 3.30. The van der Waals surface area contributed by atoms with E-state index in [4.69, 9.17) is 4.74 Å². The molecule has 2 aromatic carbocycles. The lowest BCUT2D eigenvalue weighted by Gasteiger charge is -2.09. The van der Waals surface area contributed by atoms with Crippen molar-refractivity contribution in [3.63, 3.8) is 0 Å². The van der Waals surface area contributed by atoms with Gasteiger partial charge in [0.1, 0.15) is 17.3 Å². The van der Waals surface area contributed by atoms with Gasteiger partial charge in [-0.2, -0.15) is 0 Å². The van der Waals surface area contributed by atoms with E-state index in [2.05, 4.69) is 10.3 Å². The van der Waals surface area contributed by atoms with Gasteiger partial charge in [-0.1, -0.05) is 23.4 Å². The highest BCUT2D eigenvalue weighted by Gasteiger charge is 2.23. The van der Waals surface area contributed by atoms with E-state index < -0.39 is 11.8 Å². The van der Waals surface area contributed by atoms with Gasteiger partial charge in [-0.15, -0.1) is 5.10 Å². The maximum atomic E-state index is 14.2. The van der Waals surface area contributed by atoms with Crippen molar-refractivity contribution in [1.82, 2.24) is 15.0 Å². The van der Waals surface area contributed by atoms with Crippen molar-refractivity contribution in [3.8, 4) is 22.7 Å². The van der Waals surface area contributed by atoms with Crippen LogP contribution in [0, 0.1) is 5.82 Å². The van der Waals surface area contributed by atoms with Crippen LogP contribution in [0.5, 0.6) is 5.75 Å². The van der Waals surface area contributed by atoms with Crippen LogP contribution < -0.4 is 4.74 Å². The summed E-state index contributed by atoms with van der Waals surface area (Å²) in [7, 11) is 1.51. The molecule has 0 saturated heterocycles. The average Bonchev–Trinajstić information content (AvgIpc) is 3.00. The third-order valence-corrected chi connectivity index (χ3v) is 3.30. The van der Waals surface area contributed by atoms with Crippen molar-refractivity contribution in [2.75, 3.05) is 7.11 Å². The van der Waals surface area contributed by atoms with Gasteiger partial charge in [0.05, 0.1) is 12.8 Å². The zero-order chi connectivity index (χ0) is 16.4. The molecule has 0 spiro atoms. The van der Waals surface area contributed by atoms with Gasteiger partial charge in [0.25, 0.3) is 0 Å². The molecule has 0 aliphatic heterocycles. The highest BCUT2D eigenvalue weighted by atomic mass is 19.1. The van der Waals surface area contributed by atoms with Crippen LogP contribution >= 0.6 is 0 Å². The lowest BCUT2D eigenvalue weighted by atomic mass is 10.1. The first-order valence-corrected chi connectivity index (χ1v) is 6.70. The van der Waals surface area contributed by atoms with Crippen LogP contribution in [0.4, 0.5) is 4.39 Å². The van der Waals surface area contributed by atoms with Crippen LogP contribution in [-0.4, -0.2) is 33.2 Å². The fraction of sp³-hybridized carbons (Fsp3) is 0.0625. The summed E-state index contributed by atoms with van der Waals surface area (Å²) in [5.41, 5.74) is 0.377. The molecule has 6 nitrogen and oxygen atoms in total. The summed E-state index contributed by atoms with van der Waals surface area (Å²) in [5, 5.41) is 16.9. The second kappa shape index (κ2) is 5.88. The van der Waals surface area contributed by atoms with Gasteiger partial charge in [0, 0.05) is 11.6 Å². The molecule has 3 rings (SSSR count). The number of benzene rings is 2. The van der Waals surface area contributed by atoms with Crippen molar-refractivity contribution >= 4 is 5.97 Å². The Hall–Kier alpha value is -3.22. The summed E-state index contributed by atoms with van der Waals surface area (Å²) < 4.78 is 20.6.